The van der Waals surface area contributed by atoms with Crippen molar-refractivity contribution < 1.29 is 28.6 Å². The molecule has 1 aromatic rings. The highest BCUT2D eigenvalue weighted by Crippen LogP contribution is 2.30. The van der Waals surface area contributed by atoms with Gasteiger partial charge in [0.25, 0.3) is 0 Å². The molecule has 0 atom stereocenters. The lowest BCUT2D eigenvalue weighted by Gasteiger charge is -2.12. The number of aromatic carboxylic acids is 1. The number of ether oxygens (including phenoxy) is 2. The molecule has 0 aliphatic heterocycles. The first-order chi connectivity index (χ1) is 8.99. The highest BCUT2D eigenvalue weighted by atomic mass is 19.1. The second kappa shape index (κ2) is 6.39. The predicted octanol–water partition coefficient (Wildman–Crippen LogP) is 2.27. The zero-order valence-corrected chi connectivity index (χ0v) is 10.1. The number of rotatable bonds is 5. The van der Waals surface area contributed by atoms with Crippen molar-refractivity contribution in [2.75, 3.05) is 19.0 Å². The van der Waals surface area contributed by atoms with E-state index in [2.05, 4.69) is 16.6 Å². The minimum atomic E-state index is -1.41. The predicted molar refractivity (Wildman–Crippen MR) is 65.1 cm³/mol. The number of anilines is 1. The van der Waals surface area contributed by atoms with Crippen molar-refractivity contribution in [3.63, 3.8) is 0 Å². The monoisotopic (exact) mass is 269 g/mol. The van der Waals surface area contributed by atoms with Gasteiger partial charge < -0.3 is 14.6 Å². The van der Waals surface area contributed by atoms with Gasteiger partial charge in [0.05, 0.1) is 12.7 Å². The SMILES string of the molecule is C=CCOC(=O)Nc1c(OC)cc(F)cc1C(=O)O. The molecule has 0 unspecified atom stereocenters. The van der Waals surface area contributed by atoms with Crippen molar-refractivity contribution >= 4 is 17.7 Å². The van der Waals surface area contributed by atoms with Crippen molar-refractivity contribution in [1.29, 1.82) is 0 Å². The van der Waals surface area contributed by atoms with Crippen LogP contribution in [0.5, 0.6) is 5.75 Å². The molecule has 0 fully saturated rings. The fraction of sp³-hybridized carbons (Fsp3) is 0.167. The number of hydrogen-bond acceptors (Lipinski definition) is 4. The summed E-state index contributed by atoms with van der Waals surface area (Å²) in [5.41, 5.74) is -0.613. The van der Waals surface area contributed by atoms with Crippen LogP contribution in [0.1, 0.15) is 10.4 Å². The van der Waals surface area contributed by atoms with E-state index in [1.54, 1.807) is 0 Å². The first-order valence-electron chi connectivity index (χ1n) is 5.15. The fourth-order valence-corrected chi connectivity index (χ4v) is 1.31. The van der Waals surface area contributed by atoms with Gasteiger partial charge in [0.1, 0.15) is 23.9 Å². The summed E-state index contributed by atoms with van der Waals surface area (Å²) in [5, 5.41) is 11.2. The molecular weight excluding hydrogens is 257 g/mol. The fourth-order valence-electron chi connectivity index (χ4n) is 1.31. The standard InChI is InChI=1S/C12H12FNO5/c1-3-4-19-12(17)14-10-8(11(15)16)5-7(13)6-9(10)18-2/h3,5-6H,1,4H2,2H3,(H,14,17)(H,15,16). The molecule has 1 rings (SSSR count). The molecule has 2 N–H and O–H groups in total. The molecule has 1 amide bonds. The van der Waals surface area contributed by atoms with Gasteiger partial charge in [0, 0.05) is 6.07 Å². The second-order valence-corrected chi connectivity index (χ2v) is 3.35. The van der Waals surface area contributed by atoms with Crippen LogP contribution in [0.2, 0.25) is 0 Å². The van der Waals surface area contributed by atoms with E-state index in [1.165, 1.54) is 13.2 Å². The average molecular weight is 269 g/mol. The van der Waals surface area contributed by atoms with E-state index in [0.717, 1.165) is 12.1 Å². The summed E-state index contributed by atoms with van der Waals surface area (Å²) >= 11 is 0. The Labute approximate surface area is 108 Å². The van der Waals surface area contributed by atoms with E-state index in [0.29, 0.717) is 0 Å². The lowest BCUT2D eigenvalue weighted by molar-refractivity contribution is 0.0697. The Balaban J connectivity index is 3.12. The molecule has 7 heteroatoms. The van der Waals surface area contributed by atoms with Gasteiger partial charge in [-0.05, 0) is 6.07 Å². The van der Waals surface area contributed by atoms with Crippen LogP contribution in [0.4, 0.5) is 14.9 Å². The molecule has 0 aliphatic carbocycles. The van der Waals surface area contributed by atoms with Gasteiger partial charge in [0.15, 0.2) is 0 Å². The maximum absolute atomic E-state index is 13.2. The third kappa shape index (κ3) is 3.70. The van der Waals surface area contributed by atoms with Crippen LogP contribution in [0.3, 0.4) is 0 Å². The molecule has 0 saturated heterocycles. The topological polar surface area (TPSA) is 84.9 Å². The van der Waals surface area contributed by atoms with E-state index >= 15 is 0 Å². The first kappa shape index (κ1) is 14.5. The summed E-state index contributed by atoms with van der Waals surface area (Å²) in [6, 6.07) is 1.73. The van der Waals surface area contributed by atoms with Gasteiger partial charge in [-0.25, -0.2) is 14.0 Å². The van der Waals surface area contributed by atoms with E-state index in [4.69, 9.17) is 9.84 Å². The van der Waals surface area contributed by atoms with Gasteiger partial charge in [-0.1, -0.05) is 12.7 Å². The summed E-state index contributed by atoms with van der Waals surface area (Å²) in [6.45, 7) is 3.31. The summed E-state index contributed by atoms with van der Waals surface area (Å²) in [6.07, 6.45) is 0.451. The number of benzene rings is 1. The number of halogens is 1. The molecule has 19 heavy (non-hydrogen) atoms. The van der Waals surface area contributed by atoms with E-state index in [-0.39, 0.29) is 18.0 Å². The van der Waals surface area contributed by atoms with Crippen molar-refractivity contribution in [3.8, 4) is 5.75 Å². The molecule has 0 aromatic heterocycles. The maximum Gasteiger partial charge on any atom is 0.412 e. The summed E-state index contributed by atoms with van der Waals surface area (Å²) in [5.74, 6) is -2.32. The summed E-state index contributed by atoms with van der Waals surface area (Å²) in [4.78, 5) is 22.4. The van der Waals surface area contributed by atoms with Crippen LogP contribution in [-0.4, -0.2) is 30.9 Å². The van der Waals surface area contributed by atoms with Crippen LogP contribution < -0.4 is 10.1 Å². The van der Waals surface area contributed by atoms with E-state index in [9.17, 15) is 14.0 Å². The number of carboxylic acid groups (broad SMARTS) is 1. The normalized spacial score (nSPS) is 9.58. The number of carbonyl (C=O) groups excluding carboxylic acids is 1. The number of amides is 1. The average Bonchev–Trinajstić information content (AvgIpc) is 2.37. The first-order valence-corrected chi connectivity index (χ1v) is 5.15. The molecule has 6 nitrogen and oxygen atoms in total. The van der Waals surface area contributed by atoms with Crippen molar-refractivity contribution in [3.05, 3.63) is 36.2 Å². The third-order valence-corrected chi connectivity index (χ3v) is 2.08. The lowest BCUT2D eigenvalue weighted by Crippen LogP contribution is -2.17. The number of hydrogen-bond donors (Lipinski definition) is 2. The Kier molecular flexibility index (Phi) is 4.87. The quantitative estimate of drug-likeness (QED) is 0.801. The molecule has 0 aliphatic rings. The summed E-state index contributed by atoms with van der Waals surface area (Å²) < 4.78 is 22.7. The van der Waals surface area contributed by atoms with E-state index < -0.39 is 23.4 Å². The molecule has 1 aromatic carbocycles. The van der Waals surface area contributed by atoms with Gasteiger partial charge in [-0.15, -0.1) is 0 Å². The number of nitrogens with one attached hydrogen (secondary N) is 1. The highest BCUT2D eigenvalue weighted by molar-refractivity contribution is 6.00. The van der Waals surface area contributed by atoms with Crippen molar-refractivity contribution in [2.24, 2.45) is 0 Å². The summed E-state index contributed by atoms with van der Waals surface area (Å²) in [7, 11) is 1.22. The smallest absolute Gasteiger partial charge is 0.412 e. The molecule has 102 valence electrons. The Hall–Kier alpha value is -2.57. The van der Waals surface area contributed by atoms with Crippen LogP contribution in [-0.2, 0) is 4.74 Å². The molecule has 0 spiro atoms. The van der Waals surface area contributed by atoms with Gasteiger partial charge >= 0.3 is 12.1 Å². The van der Waals surface area contributed by atoms with E-state index in [1.807, 2.05) is 0 Å². The number of methoxy groups -OCH3 is 1. The Morgan fingerprint density at radius 3 is 2.74 bits per heavy atom. The second-order valence-electron chi connectivity index (χ2n) is 3.35. The minimum Gasteiger partial charge on any atom is -0.494 e. The molecular formula is C12H12FNO5. The number of carboxylic acids is 1. The molecule has 0 radical (unpaired) electrons. The number of carbonyl (C=O) groups is 2. The molecule has 0 saturated carbocycles. The van der Waals surface area contributed by atoms with Crippen molar-refractivity contribution in [2.45, 2.75) is 0 Å². The zero-order chi connectivity index (χ0) is 14.4. The minimum absolute atomic E-state index is 0.0439. The lowest BCUT2D eigenvalue weighted by atomic mass is 10.1. The third-order valence-electron chi connectivity index (χ3n) is 2.08. The van der Waals surface area contributed by atoms with Gasteiger partial charge in [-0.3, -0.25) is 5.32 Å². The molecule has 0 bridgehead atoms. The molecule has 0 heterocycles. The van der Waals surface area contributed by atoms with Crippen LogP contribution in [0.15, 0.2) is 24.8 Å². The largest absolute Gasteiger partial charge is 0.494 e. The Bertz CT molecular complexity index is 515. The van der Waals surface area contributed by atoms with Crippen molar-refractivity contribution in [1.82, 2.24) is 0 Å². The van der Waals surface area contributed by atoms with Crippen LogP contribution in [0.25, 0.3) is 0 Å². The van der Waals surface area contributed by atoms with Gasteiger partial charge in [-0.2, -0.15) is 0 Å². The highest BCUT2D eigenvalue weighted by Gasteiger charge is 2.19. The Morgan fingerprint density at radius 1 is 1.53 bits per heavy atom. The maximum atomic E-state index is 13.2. The van der Waals surface area contributed by atoms with Gasteiger partial charge in [0.2, 0.25) is 0 Å². The zero-order valence-electron chi connectivity index (χ0n) is 10.1. The van der Waals surface area contributed by atoms with Crippen LogP contribution in [0, 0.1) is 5.82 Å². The van der Waals surface area contributed by atoms with Crippen LogP contribution >= 0.6 is 0 Å². The Morgan fingerprint density at radius 2 is 2.21 bits per heavy atom.